The monoisotopic (exact) mass is 261 g/mol. The lowest BCUT2D eigenvalue weighted by Gasteiger charge is -2.23. The molecule has 100 valence electrons. The molecule has 2 aromatic rings. The van der Waals surface area contributed by atoms with Crippen LogP contribution < -0.4 is 0 Å². The maximum Gasteiger partial charge on any atom is 0.181 e. The van der Waals surface area contributed by atoms with Gasteiger partial charge in [0.1, 0.15) is 11.6 Å². The second-order valence-electron chi connectivity index (χ2n) is 5.06. The average Bonchev–Trinajstić information content (AvgIpc) is 2.89. The van der Waals surface area contributed by atoms with E-state index in [0.29, 0.717) is 17.3 Å². The second kappa shape index (κ2) is 5.09. The smallest absolute Gasteiger partial charge is 0.181 e. The molecule has 0 saturated heterocycles. The van der Waals surface area contributed by atoms with Gasteiger partial charge < -0.3 is 5.11 Å². The molecular formula is C14H16FN3O. The van der Waals surface area contributed by atoms with E-state index in [-0.39, 0.29) is 11.9 Å². The zero-order chi connectivity index (χ0) is 13.2. The summed E-state index contributed by atoms with van der Waals surface area (Å²) >= 11 is 0. The van der Waals surface area contributed by atoms with E-state index in [1.165, 1.54) is 12.1 Å². The van der Waals surface area contributed by atoms with E-state index in [9.17, 15) is 9.50 Å². The van der Waals surface area contributed by atoms with Gasteiger partial charge in [0.25, 0.3) is 0 Å². The number of nitrogens with one attached hydrogen (secondary N) is 1. The third kappa shape index (κ3) is 2.66. The number of hydrogen-bond acceptors (Lipinski definition) is 3. The van der Waals surface area contributed by atoms with E-state index in [2.05, 4.69) is 15.2 Å². The molecule has 3 rings (SSSR count). The predicted molar refractivity (Wildman–Crippen MR) is 69.0 cm³/mol. The molecule has 1 aromatic carbocycles. The van der Waals surface area contributed by atoms with Crippen LogP contribution in [-0.4, -0.2) is 26.4 Å². The maximum atomic E-state index is 13.2. The quantitative estimate of drug-likeness (QED) is 0.873. The fourth-order valence-corrected chi connectivity index (χ4v) is 2.56. The van der Waals surface area contributed by atoms with Gasteiger partial charge in [-0.1, -0.05) is 12.1 Å². The van der Waals surface area contributed by atoms with Crippen molar-refractivity contribution in [2.24, 2.45) is 0 Å². The molecule has 4 nitrogen and oxygen atoms in total. The summed E-state index contributed by atoms with van der Waals surface area (Å²) in [5, 5.41) is 16.6. The van der Waals surface area contributed by atoms with E-state index in [0.717, 1.165) is 31.5 Å². The summed E-state index contributed by atoms with van der Waals surface area (Å²) in [5.74, 6) is 1.40. The average molecular weight is 261 g/mol. The molecular weight excluding hydrogens is 245 g/mol. The molecule has 0 unspecified atom stereocenters. The molecule has 2 N–H and O–H groups in total. The summed E-state index contributed by atoms with van der Waals surface area (Å²) in [5.41, 5.74) is 0.679. The van der Waals surface area contributed by atoms with Crippen LogP contribution in [0.4, 0.5) is 4.39 Å². The van der Waals surface area contributed by atoms with Crippen molar-refractivity contribution < 1.29 is 9.50 Å². The Bertz CT molecular complexity index is 561. The number of aromatic nitrogens is 3. The number of H-pyrrole nitrogens is 1. The highest BCUT2D eigenvalue weighted by molar-refractivity contribution is 5.54. The van der Waals surface area contributed by atoms with Crippen LogP contribution in [0.1, 0.15) is 37.4 Å². The first kappa shape index (κ1) is 12.3. The Morgan fingerprint density at radius 2 is 2.00 bits per heavy atom. The first-order chi connectivity index (χ1) is 9.22. The molecule has 1 saturated carbocycles. The number of aliphatic hydroxyl groups excluding tert-OH is 1. The number of hydrogen-bond donors (Lipinski definition) is 2. The Kier molecular flexibility index (Phi) is 3.29. The summed E-state index contributed by atoms with van der Waals surface area (Å²) in [4.78, 5) is 4.46. The van der Waals surface area contributed by atoms with Gasteiger partial charge >= 0.3 is 0 Å². The number of rotatable bonds is 2. The molecule has 1 aliphatic rings. The lowest BCUT2D eigenvalue weighted by molar-refractivity contribution is 0.121. The van der Waals surface area contributed by atoms with Crippen LogP contribution in [0.2, 0.25) is 0 Å². The molecule has 1 aliphatic carbocycles. The van der Waals surface area contributed by atoms with Gasteiger partial charge in [-0.05, 0) is 37.8 Å². The fraction of sp³-hybridized carbons (Fsp3) is 0.429. The third-order valence-corrected chi connectivity index (χ3v) is 3.67. The Balaban J connectivity index is 1.80. The van der Waals surface area contributed by atoms with Gasteiger partial charge in [0.2, 0.25) is 0 Å². The van der Waals surface area contributed by atoms with E-state index in [1.807, 2.05) is 0 Å². The Morgan fingerprint density at radius 1 is 1.21 bits per heavy atom. The zero-order valence-corrected chi connectivity index (χ0v) is 10.5. The second-order valence-corrected chi connectivity index (χ2v) is 5.06. The van der Waals surface area contributed by atoms with Crippen molar-refractivity contribution in [2.75, 3.05) is 0 Å². The molecule has 1 aromatic heterocycles. The van der Waals surface area contributed by atoms with E-state index < -0.39 is 0 Å². The molecule has 0 radical (unpaired) electrons. The minimum Gasteiger partial charge on any atom is -0.393 e. The van der Waals surface area contributed by atoms with Gasteiger partial charge in [-0.3, -0.25) is 5.10 Å². The van der Waals surface area contributed by atoms with Crippen molar-refractivity contribution in [3.8, 4) is 11.4 Å². The molecule has 0 bridgehead atoms. The van der Waals surface area contributed by atoms with Crippen LogP contribution >= 0.6 is 0 Å². The van der Waals surface area contributed by atoms with Crippen LogP contribution in [0.15, 0.2) is 24.3 Å². The number of halogens is 1. The first-order valence-corrected chi connectivity index (χ1v) is 6.58. The number of nitrogens with zero attached hydrogens (tertiary/aromatic N) is 2. The Hall–Kier alpha value is -1.75. The molecule has 1 fully saturated rings. The Morgan fingerprint density at radius 3 is 2.74 bits per heavy atom. The highest BCUT2D eigenvalue weighted by atomic mass is 19.1. The van der Waals surface area contributed by atoms with Crippen LogP contribution in [0.3, 0.4) is 0 Å². The molecule has 1 heterocycles. The summed E-state index contributed by atoms with van der Waals surface area (Å²) in [6.45, 7) is 0. The third-order valence-electron chi connectivity index (χ3n) is 3.67. The molecule has 0 spiro atoms. The molecule has 5 heteroatoms. The highest BCUT2D eigenvalue weighted by Crippen LogP contribution is 2.31. The van der Waals surface area contributed by atoms with Gasteiger partial charge in [-0.25, -0.2) is 9.37 Å². The SMILES string of the molecule is OC1CCC(c2nc(-c3cccc(F)c3)n[nH]2)CC1. The van der Waals surface area contributed by atoms with Gasteiger partial charge in [0, 0.05) is 11.5 Å². The summed E-state index contributed by atoms with van der Waals surface area (Å²) in [6, 6.07) is 6.27. The van der Waals surface area contributed by atoms with Crippen molar-refractivity contribution in [1.29, 1.82) is 0 Å². The molecule has 0 amide bonds. The summed E-state index contributed by atoms with van der Waals surface area (Å²) < 4.78 is 13.2. The highest BCUT2D eigenvalue weighted by Gasteiger charge is 2.23. The van der Waals surface area contributed by atoms with Gasteiger partial charge in [0.05, 0.1) is 6.10 Å². The van der Waals surface area contributed by atoms with E-state index >= 15 is 0 Å². The molecule has 0 atom stereocenters. The lowest BCUT2D eigenvalue weighted by atomic mass is 9.87. The topological polar surface area (TPSA) is 61.8 Å². The minimum atomic E-state index is -0.287. The van der Waals surface area contributed by atoms with Gasteiger partial charge in [-0.2, -0.15) is 5.10 Å². The standard InChI is InChI=1S/C14H16FN3O/c15-11-3-1-2-10(8-11)14-16-13(17-18-14)9-4-6-12(19)7-5-9/h1-3,8-9,12,19H,4-7H2,(H,16,17,18). The van der Waals surface area contributed by atoms with Crippen molar-refractivity contribution in [2.45, 2.75) is 37.7 Å². The maximum absolute atomic E-state index is 13.2. The predicted octanol–water partition coefficient (Wildman–Crippen LogP) is 2.63. The summed E-state index contributed by atoms with van der Waals surface area (Å²) in [7, 11) is 0. The van der Waals surface area contributed by atoms with Crippen molar-refractivity contribution in [1.82, 2.24) is 15.2 Å². The zero-order valence-electron chi connectivity index (χ0n) is 10.5. The fourth-order valence-electron chi connectivity index (χ4n) is 2.56. The molecule has 0 aliphatic heterocycles. The van der Waals surface area contributed by atoms with Crippen LogP contribution in [0.5, 0.6) is 0 Å². The van der Waals surface area contributed by atoms with Crippen LogP contribution in [0.25, 0.3) is 11.4 Å². The largest absolute Gasteiger partial charge is 0.393 e. The Labute approximate surface area is 110 Å². The lowest BCUT2D eigenvalue weighted by Crippen LogP contribution is -2.17. The van der Waals surface area contributed by atoms with E-state index in [4.69, 9.17) is 0 Å². The first-order valence-electron chi connectivity index (χ1n) is 6.58. The summed E-state index contributed by atoms with van der Waals surface area (Å²) in [6.07, 6.45) is 3.26. The van der Waals surface area contributed by atoms with Crippen molar-refractivity contribution in [3.63, 3.8) is 0 Å². The number of aliphatic hydroxyl groups is 1. The van der Waals surface area contributed by atoms with Gasteiger partial charge in [0.15, 0.2) is 5.82 Å². The van der Waals surface area contributed by atoms with E-state index in [1.54, 1.807) is 12.1 Å². The van der Waals surface area contributed by atoms with Crippen molar-refractivity contribution >= 4 is 0 Å². The van der Waals surface area contributed by atoms with Crippen LogP contribution in [-0.2, 0) is 0 Å². The van der Waals surface area contributed by atoms with Crippen LogP contribution in [0, 0.1) is 5.82 Å². The number of aromatic amines is 1. The minimum absolute atomic E-state index is 0.179. The number of benzene rings is 1. The molecule has 19 heavy (non-hydrogen) atoms. The normalized spacial score (nSPS) is 23.5. The van der Waals surface area contributed by atoms with Gasteiger partial charge in [-0.15, -0.1) is 0 Å². The van der Waals surface area contributed by atoms with Crippen molar-refractivity contribution in [3.05, 3.63) is 35.9 Å².